The fourth-order valence-corrected chi connectivity index (χ4v) is 1.69. The van der Waals surface area contributed by atoms with E-state index < -0.39 is 0 Å². The third-order valence-electron chi connectivity index (χ3n) is 2.29. The van der Waals surface area contributed by atoms with Crippen molar-refractivity contribution >= 4 is 0 Å². The fraction of sp³-hybridized carbons (Fsp3) is 0.273. The Labute approximate surface area is 73.1 Å². The molecule has 1 aliphatic rings. The van der Waals surface area contributed by atoms with Crippen LogP contribution in [0.4, 0.5) is 0 Å². The van der Waals surface area contributed by atoms with Crippen LogP contribution < -0.4 is 5.32 Å². The SMILES string of the molecule is CC=CC1NCc2ccccc21. The molecule has 0 aliphatic carbocycles. The van der Waals surface area contributed by atoms with Crippen molar-refractivity contribution in [2.24, 2.45) is 0 Å². The molecule has 0 bridgehead atoms. The van der Waals surface area contributed by atoms with Gasteiger partial charge in [0.2, 0.25) is 0 Å². The minimum atomic E-state index is 0.436. The molecule has 1 unspecified atom stereocenters. The van der Waals surface area contributed by atoms with Gasteiger partial charge in [-0.2, -0.15) is 0 Å². The zero-order chi connectivity index (χ0) is 8.39. The van der Waals surface area contributed by atoms with Gasteiger partial charge in [0.15, 0.2) is 0 Å². The van der Waals surface area contributed by atoms with Gasteiger partial charge in [0.05, 0.1) is 6.04 Å². The minimum absolute atomic E-state index is 0.436. The predicted molar refractivity (Wildman–Crippen MR) is 50.8 cm³/mol. The molecule has 2 rings (SSSR count). The lowest BCUT2D eigenvalue weighted by atomic mass is 10.1. The van der Waals surface area contributed by atoms with E-state index >= 15 is 0 Å². The van der Waals surface area contributed by atoms with Gasteiger partial charge in [-0.3, -0.25) is 0 Å². The monoisotopic (exact) mass is 159 g/mol. The van der Waals surface area contributed by atoms with E-state index in [0.29, 0.717) is 6.04 Å². The molecule has 0 spiro atoms. The van der Waals surface area contributed by atoms with E-state index in [1.54, 1.807) is 0 Å². The summed E-state index contributed by atoms with van der Waals surface area (Å²) in [4.78, 5) is 0. The molecule has 0 amide bonds. The van der Waals surface area contributed by atoms with E-state index in [-0.39, 0.29) is 0 Å². The molecular formula is C11H13N. The molecule has 1 aromatic carbocycles. The molecule has 12 heavy (non-hydrogen) atoms. The van der Waals surface area contributed by atoms with Gasteiger partial charge in [-0.1, -0.05) is 36.4 Å². The Morgan fingerprint density at radius 1 is 1.42 bits per heavy atom. The largest absolute Gasteiger partial charge is 0.303 e. The van der Waals surface area contributed by atoms with Crippen LogP contribution in [0.25, 0.3) is 0 Å². The molecule has 62 valence electrons. The molecule has 0 fully saturated rings. The molecule has 1 heteroatoms. The lowest BCUT2D eigenvalue weighted by Gasteiger charge is -2.04. The predicted octanol–water partition coefficient (Wildman–Crippen LogP) is 2.41. The summed E-state index contributed by atoms with van der Waals surface area (Å²) in [6.07, 6.45) is 4.30. The number of hydrogen-bond donors (Lipinski definition) is 1. The second kappa shape index (κ2) is 3.11. The first-order chi connectivity index (χ1) is 5.92. The minimum Gasteiger partial charge on any atom is -0.303 e. The van der Waals surface area contributed by atoms with Crippen molar-refractivity contribution in [1.29, 1.82) is 0 Å². The summed E-state index contributed by atoms with van der Waals surface area (Å²) in [5.74, 6) is 0. The second-order valence-electron chi connectivity index (χ2n) is 3.08. The van der Waals surface area contributed by atoms with E-state index in [1.165, 1.54) is 11.1 Å². The summed E-state index contributed by atoms with van der Waals surface area (Å²) in [6, 6.07) is 9.01. The van der Waals surface area contributed by atoms with Gasteiger partial charge in [0.1, 0.15) is 0 Å². The van der Waals surface area contributed by atoms with Gasteiger partial charge in [-0.15, -0.1) is 0 Å². The number of nitrogens with one attached hydrogen (secondary N) is 1. The van der Waals surface area contributed by atoms with E-state index in [0.717, 1.165) is 6.54 Å². The molecule has 0 saturated carbocycles. The highest BCUT2D eigenvalue weighted by Gasteiger charge is 2.17. The Balaban J connectivity index is 2.36. The van der Waals surface area contributed by atoms with E-state index in [4.69, 9.17) is 0 Å². The lowest BCUT2D eigenvalue weighted by Crippen LogP contribution is -2.08. The van der Waals surface area contributed by atoms with E-state index in [9.17, 15) is 0 Å². The average Bonchev–Trinajstić information content (AvgIpc) is 2.50. The Hall–Kier alpha value is -1.08. The van der Waals surface area contributed by atoms with Crippen molar-refractivity contribution in [2.45, 2.75) is 19.5 Å². The number of rotatable bonds is 1. The van der Waals surface area contributed by atoms with Gasteiger partial charge in [-0.25, -0.2) is 0 Å². The van der Waals surface area contributed by atoms with Crippen LogP contribution in [0.3, 0.4) is 0 Å². The number of allylic oxidation sites excluding steroid dienone is 1. The van der Waals surface area contributed by atoms with Crippen molar-refractivity contribution in [3.8, 4) is 0 Å². The first kappa shape index (κ1) is 7.56. The molecule has 1 atom stereocenters. The summed E-state index contributed by atoms with van der Waals surface area (Å²) in [7, 11) is 0. The topological polar surface area (TPSA) is 12.0 Å². The maximum absolute atomic E-state index is 3.44. The van der Waals surface area contributed by atoms with Gasteiger partial charge >= 0.3 is 0 Å². The smallest absolute Gasteiger partial charge is 0.0512 e. The molecule has 1 heterocycles. The van der Waals surface area contributed by atoms with Crippen LogP contribution in [0, 0.1) is 0 Å². The van der Waals surface area contributed by atoms with Crippen molar-refractivity contribution in [1.82, 2.24) is 5.32 Å². The maximum Gasteiger partial charge on any atom is 0.0512 e. The fourth-order valence-electron chi connectivity index (χ4n) is 1.69. The number of fused-ring (bicyclic) bond motifs is 1. The van der Waals surface area contributed by atoms with Crippen LogP contribution in [0.15, 0.2) is 36.4 Å². The first-order valence-corrected chi connectivity index (χ1v) is 4.36. The summed E-state index contributed by atoms with van der Waals surface area (Å²) >= 11 is 0. The van der Waals surface area contributed by atoms with Crippen molar-refractivity contribution in [3.05, 3.63) is 47.5 Å². The summed E-state index contributed by atoms with van der Waals surface area (Å²) < 4.78 is 0. The quantitative estimate of drug-likeness (QED) is 0.620. The zero-order valence-electron chi connectivity index (χ0n) is 7.25. The standard InChI is InChI=1S/C11H13N/c1-2-5-11-10-7-4-3-6-9(10)8-12-11/h2-7,11-12H,8H2,1H3. The normalized spacial score (nSPS) is 21.6. The molecule has 1 aliphatic heterocycles. The van der Waals surface area contributed by atoms with Gasteiger partial charge in [-0.05, 0) is 18.1 Å². The van der Waals surface area contributed by atoms with E-state index in [2.05, 4.69) is 48.7 Å². The van der Waals surface area contributed by atoms with Crippen LogP contribution in [-0.2, 0) is 6.54 Å². The Morgan fingerprint density at radius 3 is 3.08 bits per heavy atom. The van der Waals surface area contributed by atoms with Crippen molar-refractivity contribution in [2.75, 3.05) is 0 Å². The molecular weight excluding hydrogens is 146 g/mol. The molecule has 0 aromatic heterocycles. The highest BCUT2D eigenvalue weighted by Crippen LogP contribution is 2.25. The summed E-state index contributed by atoms with van der Waals surface area (Å²) in [6.45, 7) is 3.06. The zero-order valence-corrected chi connectivity index (χ0v) is 7.25. The summed E-state index contributed by atoms with van der Waals surface area (Å²) in [5.41, 5.74) is 2.86. The Kier molecular flexibility index (Phi) is 1.96. The van der Waals surface area contributed by atoms with Crippen LogP contribution in [0.2, 0.25) is 0 Å². The molecule has 1 N–H and O–H groups in total. The van der Waals surface area contributed by atoms with E-state index in [1.807, 2.05) is 0 Å². The third-order valence-corrected chi connectivity index (χ3v) is 2.29. The average molecular weight is 159 g/mol. The number of benzene rings is 1. The lowest BCUT2D eigenvalue weighted by molar-refractivity contribution is 0.685. The molecule has 1 aromatic rings. The third kappa shape index (κ3) is 1.16. The second-order valence-corrected chi connectivity index (χ2v) is 3.08. The van der Waals surface area contributed by atoms with Crippen molar-refractivity contribution < 1.29 is 0 Å². The van der Waals surface area contributed by atoms with Crippen molar-refractivity contribution in [3.63, 3.8) is 0 Å². The molecule has 0 saturated heterocycles. The van der Waals surface area contributed by atoms with Gasteiger partial charge in [0.25, 0.3) is 0 Å². The molecule has 0 radical (unpaired) electrons. The Morgan fingerprint density at radius 2 is 2.25 bits per heavy atom. The van der Waals surface area contributed by atoms with Crippen LogP contribution in [0.5, 0.6) is 0 Å². The first-order valence-electron chi connectivity index (χ1n) is 4.36. The highest BCUT2D eigenvalue weighted by atomic mass is 14.9. The molecule has 1 nitrogen and oxygen atoms in total. The van der Waals surface area contributed by atoms with Crippen LogP contribution in [0.1, 0.15) is 24.1 Å². The van der Waals surface area contributed by atoms with Crippen LogP contribution in [-0.4, -0.2) is 0 Å². The van der Waals surface area contributed by atoms with Crippen LogP contribution >= 0.6 is 0 Å². The van der Waals surface area contributed by atoms with Gasteiger partial charge in [0, 0.05) is 6.54 Å². The summed E-state index contributed by atoms with van der Waals surface area (Å²) in [5, 5.41) is 3.44. The van der Waals surface area contributed by atoms with Gasteiger partial charge < -0.3 is 5.32 Å². The highest BCUT2D eigenvalue weighted by molar-refractivity contribution is 5.36. The maximum atomic E-state index is 3.44. The number of hydrogen-bond acceptors (Lipinski definition) is 1. The Bertz CT molecular complexity index is 302.